The molecule has 132 valence electrons. The fourth-order valence-corrected chi connectivity index (χ4v) is 4.01. The number of nitrogens with zero attached hydrogens (tertiary/aromatic N) is 1. The molecule has 0 saturated heterocycles. The van der Waals surface area contributed by atoms with Crippen LogP contribution in [0.3, 0.4) is 0 Å². The third-order valence-electron chi connectivity index (χ3n) is 4.33. The molecule has 1 aliphatic rings. The zero-order valence-electron chi connectivity index (χ0n) is 14.5. The second-order valence-electron chi connectivity index (χ2n) is 6.01. The van der Waals surface area contributed by atoms with Crippen molar-refractivity contribution in [3.8, 4) is 5.75 Å². The maximum Gasteiger partial charge on any atom is 0.261 e. The number of carbonyl (C=O) groups excluding carboxylic acids is 2. The van der Waals surface area contributed by atoms with Crippen molar-refractivity contribution in [1.29, 1.82) is 0 Å². The summed E-state index contributed by atoms with van der Waals surface area (Å²) in [6.07, 6.45) is 1.35. The molecule has 0 saturated carbocycles. The second-order valence-corrected chi connectivity index (χ2v) is 7.15. The van der Waals surface area contributed by atoms with Gasteiger partial charge in [-0.1, -0.05) is 19.1 Å². The molecule has 1 aromatic carbocycles. The molecule has 1 aliphatic heterocycles. The lowest BCUT2D eigenvalue weighted by Gasteiger charge is -2.26. The maximum absolute atomic E-state index is 12.4. The number of ether oxygens (including phenoxy) is 1. The lowest BCUT2D eigenvalue weighted by molar-refractivity contribution is -0.131. The SMILES string of the molecule is CCC(=O)N1CCc2sc(C(=O)NCc3cccc(OC)c3)cc2C1. The van der Waals surface area contributed by atoms with Gasteiger partial charge in [0.15, 0.2) is 0 Å². The Morgan fingerprint density at radius 3 is 2.92 bits per heavy atom. The van der Waals surface area contributed by atoms with E-state index in [0.717, 1.165) is 29.8 Å². The number of carbonyl (C=O) groups is 2. The van der Waals surface area contributed by atoms with Gasteiger partial charge in [0, 0.05) is 30.9 Å². The molecule has 0 fully saturated rings. The van der Waals surface area contributed by atoms with Crippen LogP contribution in [0.5, 0.6) is 5.75 Å². The Morgan fingerprint density at radius 1 is 1.32 bits per heavy atom. The van der Waals surface area contributed by atoms with E-state index < -0.39 is 0 Å². The lowest BCUT2D eigenvalue weighted by atomic mass is 10.1. The zero-order chi connectivity index (χ0) is 17.8. The number of methoxy groups -OCH3 is 1. The number of hydrogen-bond acceptors (Lipinski definition) is 4. The Morgan fingerprint density at radius 2 is 2.16 bits per heavy atom. The number of benzene rings is 1. The number of thiophene rings is 1. The minimum atomic E-state index is -0.0735. The van der Waals surface area contributed by atoms with E-state index in [9.17, 15) is 9.59 Å². The summed E-state index contributed by atoms with van der Waals surface area (Å²) < 4.78 is 5.20. The topological polar surface area (TPSA) is 58.6 Å². The average molecular weight is 358 g/mol. The Bertz CT molecular complexity index is 785. The number of hydrogen-bond donors (Lipinski definition) is 1. The summed E-state index contributed by atoms with van der Waals surface area (Å²) in [5, 5.41) is 2.96. The van der Waals surface area contributed by atoms with E-state index >= 15 is 0 Å². The van der Waals surface area contributed by atoms with E-state index in [-0.39, 0.29) is 11.8 Å². The van der Waals surface area contributed by atoms with Crippen LogP contribution >= 0.6 is 11.3 Å². The van der Waals surface area contributed by atoms with Gasteiger partial charge in [-0.3, -0.25) is 9.59 Å². The highest BCUT2D eigenvalue weighted by Gasteiger charge is 2.23. The summed E-state index contributed by atoms with van der Waals surface area (Å²) >= 11 is 1.53. The van der Waals surface area contributed by atoms with Gasteiger partial charge in [-0.15, -0.1) is 11.3 Å². The number of fused-ring (bicyclic) bond motifs is 1. The van der Waals surface area contributed by atoms with Gasteiger partial charge in [0.1, 0.15) is 5.75 Å². The third kappa shape index (κ3) is 4.02. The van der Waals surface area contributed by atoms with Crippen molar-refractivity contribution in [2.45, 2.75) is 32.9 Å². The van der Waals surface area contributed by atoms with Gasteiger partial charge in [-0.2, -0.15) is 0 Å². The number of amides is 2. The molecule has 0 atom stereocenters. The maximum atomic E-state index is 12.4. The van der Waals surface area contributed by atoms with E-state index in [0.29, 0.717) is 24.4 Å². The van der Waals surface area contributed by atoms with Crippen LogP contribution < -0.4 is 10.1 Å². The highest BCUT2D eigenvalue weighted by Crippen LogP contribution is 2.28. The molecule has 5 nitrogen and oxygen atoms in total. The van der Waals surface area contributed by atoms with E-state index in [1.165, 1.54) is 16.2 Å². The molecule has 6 heteroatoms. The predicted octanol–water partition coefficient (Wildman–Crippen LogP) is 2.98. The summed E-state index contributed by atoms with van der Waals surface area (Å²) in [5.74, 6) is 0.871. The molecular weight excluding hydrogens is 336 g/mol. The molecule has 0 unspecified atom stereocenters. The minimum Gasteiger partial charge on any atom is -0.497 e. The summed E-state index contributed by atoms with van der Waals surface area (Å²) in [4.78, 5) is 28.1. The fraction of sp³-hybridized carbons (Fsp3) is 0.368. The van der Waals surface area contributed by atoms with Gasteiger partial charge in [0.05, 0.1) is 12.0 Å². The smallest absolute Gasteiger partial charge is 0.261 e. The van der Waals surface area contributed by atoms with E-state index in [1.54, 1.807) is 7.11 Å². The molecule has 0 aliphatic carbocycles. The first-order valence-corrected chi connectivity index (χ1v) is 9.23. The monoisotopic (exact) mass is 358 g/mol. The van der Waals surface area contributed by atoms with Crippen molar-refractivity contribution in [3.05, 3.63) is 51.2 Å². The van der Waals surface area contributed by atoms with Crippen LogP contribution in [0.1, 0.15) is 39.0 Å². The minimum absolute atomic E-state index is 0.0735. The van der Waals surface area contributed by atoms with Gasteiger partial charge in [0.2, 0.25) is 5.91 Å². The third-order valence-corrected chi connectivity index (χ3v) is 5.57. The molecule has 0 spiro atoms. The quantitative estimate of drug-likeness (QED) is 0.894. The molecule has 0 bridgehead atoms. The van der Waals surface area contributed by atoms with Crippen LogP contribution in [0.15, 0.2) is 30.3 Å². The van der Waals surface area contributed by atoms with Crippen LogP contribution in [0.4, 0.5) is 0 Å². The van der Waals surface area contributed by atoms with Crippen LogP contribution in [0.2, 0.25) is 0 Å². The van der Waals surface area contributed by atoms with Crippen LogP contribution in [-0.2, 0) is 24.3 Å². The van der Waals surface area contributed by atoms with Gasteiger partial charge in [-0.05, 0) is 35.7 Å². The van der Waals surface area contributed by atoms with Gasteiger partial charge >= 0.3 is 0 Å². The zero-order valence-corrected chi connectivity index (χ0v) is 15.3. The van der Waals surface area contributed by atoms with Crippen molar-refractivity contribution in [1.82, 2.24) is 10.2 Å². The second kappa shape index (κ2) is 7.70. The van der Waals surface area contributed by atoms with Crippen LogP contribution in [-0.4, -0.2) is 30.4 Å². The normalized spacial score (nSPS) is 13.3. The first-order valence-electron chi connectivity index (χ1n) is 8.41. The Hall–Kier alpha value is -2.34. The standard InChI is InChI=1S/C19H22N2O3S/c1-3-18(22)21-8-7-16-14(12-21)10-17(25-16)19(23)20-11-13-5-4-6-15(9-13)24-2/h4-6,9-10H,3,7-8,11-12H2,1-2H3,(H,20,23). The van der Waals surface area contributed by atoms with Gasteiger partial charge in [-0.25, -0.2) is 0 Å². The van der Waals surface area contributed by atoms with Crippen molar-refractivity contribution in [3.63, 3.8) is 0 Å². The van der Waals surface area contributed by atoms with Crippen molar-refractivity contribution in [2.24, 2.45) is 0 Å². The molecule has 25 heavy (non-hydrogen) atoms. The fourth-order valence-electron chi connectivity index (χ4n) is 2.93. The van der Waals surface area contributed by atoms with Crippen LogP contribution in [0, 0.1) is 0 Å². The largest absolute Gasteiger partial charge is 0.497 e. The molecule has 0 radical (unpaired) electrons. The molecule has 2 heterocycles. The van der Waals surface area contributed by atoms with Crippen molar-refractivity contribution < 1.29 is 14.3 Å². The lowest BCUT2D eigenvalue weighted by Crippen LogP contribution is -2.34. The molecule has 1 N–H and O–H groups in total. The summed E-state index contributed by atoms with van der Waals surface area (Å²) in [6, 6.07) is 9.58. The van der Waals surface area contributed by atoms with Crippen molar-refractivity contribution in [2.75, 3.05) is 13.7 Å². The molecule has 2 amide bonds. The molecule has 1 aromatic heterocycles. The summed E-state index contributed by atoms with van der Waals surface area (Å²) in [7, 11) is 1.63. The Labute approximate surface area is 151 Å². The van der Waals surface area contributed by atoms with Gasteiger partial charge < -0.3 is 15.0 Å². The number of nitrogens with one attached hydrogen (secondary N) is 1. The Balaban J connectivity index is 1.64. The highest BCUT2D eigenvalue weighted by molar-refractivity contribution is 7.14. The first-order chi connectivity index (χ1) is 12.1. The first kappa shape index (κ1) is 17.5. The van der Waals surface area contributed by atoms with Gasteiger partial charge in [0.25, 0.3) is 5.91 Å². The van der Waals surface area contributed by atoms with E-state index in [2.05, 4.69) is 5.32 Å². The van der Waals surface area contributed by atoms with Crippen LogP contribution in [0.25, 0.3) is 0 Å². The molecule has 2 aromatic rings. The van der Waals surface area contributed by atoms with E-state index in [1.807, 2.05) is 42.2 Å². The average Bonchev–Trinajstić information content (AvgIpc) is 3.09. The highest BCUT2D eigenvalue weighted by atomic mass is 32.1. The molecular formula is C19H22N2O3S. The summed E-state index contributed by atoms with van der Waals surface area (Å²) in [5.41, 5.74) is 2.10. The predicted molar refractivity (Wildman–Crippen MR) is 97.9 cm³/mol. The summed E-state index contributed by atoms with van der Waals surface area (Å²) in [6.45, 7) is 3.69. The Kier molecular flexibility index (Phi) is 5.38. The van der Waals surface area contributed by atoms with E-state index in [4.69, 9.17) is 4.74 Å². The molecule has 3 rings (SSSR count). The number of rotatable bonds is 5. The van der Waals surface area contributed by atoms with Crippen molar-refractivity contribution >= 4 is 23.2 Å².